The second-order valence-corrected chi connectivity index (χ2v) is 5.22. The van der Waals surface area contributed by atoms with E-state index in [1.54, 1.807) is 11.3 Å². The molecule has 78 valence electrons. The fourth-order valence-electron chi connectivity index (χ4n) is 1.55. The third kappa shape index (κ3) is 2.30. The van der Waals surface area contributed by atoms with Gasteiger partial charge in [0.1, 0.15) is 6.10 Å². The predicted molar refractivity (Wildman–Crippen MR) is 63.3 cm³/mol. The zero-order valence-electron chi connectivity index (χ0n) is 8.18. The summed E-state index contributed by atoms with van der Waals surface area (Å²) in [4.78, 5) is 0. The highest BCUT2D eigenvalue weighted by atomic mass is 79.9. The van der Waals surface area contributed by atoms with Gasteiger partial charge in [-0.15, -0.1) is 11.3 Å². The van der Waals surface area contributed by atoms with E-state index in [9.17, 15) is 0 Å². The van der Waals surface area contributed by atoms with E-state index in [1.807, 2.05) is 0 Å². The third-order valence-corrected chi connectivity index (χ3v) is 4.66. The first-order chi connectivity index (χ1) is 6.77. The maximum absolute atomic E-state index is 5.94. The van der Waals surface area contributed by atoms with Crippen LogP contribution in [0, 0.1) is 6.92 Å². The first-order valence-corrected chi connectivity index (χ1v) is 6.55. The molecule has 1 N–H and O–H groups in total. The summed E-state index contributed by atoms with van der Waals surface area (Å²) in [6.07, 6.45) is 2.62. The number of thiophene rings is 1. The number of nitrogens with one attached hydrogen (secondary N) is 1. The van der Waals surface area contributed by atoms with Gasteiger partial charge in [-0.25, -0.2) is 0 Å². The Kier molecular flexibility index (Phi) is 3.47. The lowest BCUT2D eigenvalue weighted by atomic mass is 10.1. The summed E-state index contributed by atoms with van der Waals surface area (Å²) < 4.78 is 7.06. The van der Waals surface area contributed by atoms with Gasteiger partial charge in [0.05, 0.1) is 4.47 Å². The van der Waals surface area contributed by atoms with E-state index in [0.717, 1.165) is 35.5 Å². The van der Waals surface area contributed by atoms with Gasteiger partial charge in [0.2, 0.25) is 0 Å². The van der Waals surface area contributed by atoms with Gasteiger partial charge in [-0.1, -0.05) is 0 Å². The normalized spacial score (nSPS) is 18.4. The molecule has 0 unspecified atom stereocenters. The molecule has 1 fully saturated rings. The third-order valence-electron chi connectivity index (χ3n) is 2.43. The lowest BCUT2D eigenvalue weighted by Gasteiger charge is -2.23. The number of hydrogen-bond donors (Lipinski definition) is 1. The molecule has 2 heterocycles. The van der Waals surface area contributed by atoms with Gasteiger partial charge in [0, 0.05) is 0 Å². The van der Waals surface area contributed by atoms with E-state index in [1.165, 1.54) is 5.56 Å². The minimum absolute atomic E-state index is 0.394. The molecule has 0 radical (unpaired) electrons. The second-order valence-electron chi connectivity index (χ2n) is 3.59. The molecule has 0 aliphatic carbocycles. The number of hydrogen-bond acceptors (Lipinski definition) is 3. The minimum atomic E-state index is 0.394. The van der Waals surface area contributed by atoms with Crippen LogP contribution in [0.3, 0.4) is 0 Å². The van der Waals surface area contributed by atoms with E-state index in [0.29, 0.717) is 6.10 Å². The molecule has 1 aromatic rings. The molecule has 1 aliphatic rings. The number of piperidine rings is 1. The quantitative estimate of drug-likeness (QED) is 0.896. The van der Waals surface area contributed by atoms with Gasteiger partial charge >= 0.3 is 0 Å². The molecule has 0 atom stereocenters. The Morgan fingerprint density at radius 3 is 2.79 bits per heavy atom. The van der Waals surface area contributed by atoms with E-state index in [2.05, 4.69) is 33.6 Å². The summed E-state index contributed by atoms with van der Waals surface area (Å²) in [5.41, 5.74) is 1.26. The van der Waals surface area contributed by atoms with Gasteiger partial charge < -0.3 is 10.1 Å². The molecule has 14 heavy (non-hydrogen) atoms. The van der Waals surface area contributed by atoms with E-state index >= 15 is 0 Å². The highest BCUT2D eigenvalue weighted by Crippen LogP contribution is 2.36. The predicted octanol–water partition coefficient (Wildman–Crippen LogP) is 2.95. The lowest BCUT2D eigenvalue weighted by molar-refractivity contribution is 0.167. The average Bonchev–Trinajstić information content (AvgIpc) is 2.52. The zero-order chi connectivity index (χ0) is 9.97. The lowest BCUT2D eigenvalue weighted by Crippen LogP contribution is -2.34. The molecule has 2 nitrogen and oxygen atoms in total. The minimum Gasteiger partial charge on any atom is -0.480 e. The van der Waals surface area contributed by atoms with E-state index in [4.69, 9.17) is 4.74 Å². The molecular formula is C10H14BrNOS. The molecule has 2 rings (SSSR count). The fourth-order valence-corrected chi connectivity index (χ4v) is 3.05. The van der Waals surface area contributed by atoms with Crippen LogP contribution in [-0.2, 0) is 0 Å². The van der Waals surface area contributed by atoms with Crippen molar-refractivity contribution in [1.82, 2.24) is 5.32 Å². The van der Waals surface area contributed by atoms with Gasteiger partial charge in [-0.05, 0) is 59.7 Å². The standard InChI is InChI=1S/C10H14BrNOS/c1-7-6-14-10(9(7)11)13-8-2-4-12-5-3-8/h6,8,12H,2-5H2,1H3. The molecule has 0 saturated carbocycles. The Morgan fingerprint density at radius 2 is 2.21 bits per heavy atom. The Hall–Kier alpha value is -0.0600. The van der Waals surface area contributed by atoms with Crippen molar-refractivity contribution >= 4 is 27.3 Å². The van der Waals surface area contributed by atoms with Crippen molar-refractivity contribution in [3.63, 3.8) is 0 Å². The van der Waals surface area contributed by atoms with Gasteiger partial charge in [-0.2, -0.15) is 0 Å². The van der Waals surface area contributed by atoms with Crippen LogP contribution in [0.1, 0.15) is 18.4 Å². The molecule has 1 aliphatic heterocycles. The molecule has 0 spiro atoms. The Bertz CT molecular complexity index is 307. The van der Waals surface area contributed by atoms with Crippen molar-refractivity contribution in [3.8, 4) is 5.06 Å². The molecule has 0 aromatic carbocycles. The van der Waals surface area contributed by atoms with Crippen LogP contribution in [0.25, 0.3) is 0 Å². The summed E-state index contributed by atoms with van der Waals surface area (Å²) in [6.45, 7) is 4.25. The number of halogens is 1. The highest BCUT2D eigenvalue weighted by molar-refractivity contribution is 9.10. The number of ether oxygens (including phenoxy) is 1. The topological polar surface area (TPSA) is 21.3 Å². The molecular weight excluding hydrogens is 262 g/mol. The smallest absolute Gasteiger partial charge is 0.188 e. The molecule has 1 aromatic heterocycles. The maximum atomic E-state index is 5.94. The SMILES string of the molecule is Cc1csc(OC2CCNCC2)c1Br. The van der Waals surface area contributed by atoms with Gasteiger partial charge in [-0.3, -0.25) is 0 Å². The van der Waals surface area contributed by atoms with Crippen molar-refractivity contribution in [2.24, 2.45) is 0 Å². The molecule has 1 saturated heterocycles. The maximum Gasteiger partial charge on any atom is 0.188 e. The summed E-state index contributed by atoms with van der Waals surface area (Å²) in [5, 5.41) is 6.49. The zero-order valence-corrected chi connectivity index (χ0v) is 10.6. The summed E-state index contributed by atoms with van der Waals surface area (Å²) in [6, 6.07) is 0. The van der Waals surface area contributed by atoms with Crippen LogP contribution in [-0.4, -0.2) is 19.2 Å². The van der Waals surface area contributed by atoms with Crippen LogP contribution in [0.2, 0.25) is 0 Å². The summed E-state index contributed by atoms with van der Waals surface area (Å²) in [7, 11) is 0. The molecule has 4 heteroatoms. The van der Waals surface area contributed by atoms with E-state index in [-0.39, 0.29) is 0 Å². The van der Waals surface area contributed by atoms with Crippen LogP contribution < -0.4 is 10.1 Å². The molecule has 0 amide bonds. The van der Waals surface area contributed by atoms with Crippen LogP contribution in [0.15, 0.2) is 9.85 Å². The number of rotatable bonds is 2. The van der Waals surface area contributed by atoms with Crippen LogP contribution >= 0.6 is 27.3 Å². The van der Waals surface area contributed by atoms with Gasteiger partial charge in [0.15, 0.2) is 5.06 Å². The van der Waals surface area contributed by atoms with Gasteiger partial charge in [0.25, 0.3) is 0 Å². The van der Waals surface area contributed by atoms with Crippen LogP contribution in [0.4, 0.5) is 0 Å². The average molecular weight is 276 g/mol. The molecule has 0 bridgehead atoms. The summed E-state index contributed by atoms with van der Waals surface area (Å²) in [5.74, 6) is 0. The van der Waals surface area contributed by atoms with E-state index < -0.39 is 0 Å². The number of aryl methyl sites for hydroxylation is 1. The van der Waals surface area contributed by atoms with Crippen LogP contribution in [0.5, 0.6) is 5.06 Å². The Labute approximate surface area is 96.8 Å². The fraction of sp³-hybridized carbons (Fsp3) is 0.600. The monoisotopic (exact) mass is 275 g/mol. The largest absolute Gasteiger partial charge is 0.480 e. The van der Waals surface area contributed by atoms with Crippen molar-refractivity contribution in [2.75, 3.05) is 13.1 Å². The second kappa shape index (κ2) is 4.64. The Balaban J connectivity index is 1.99. The first kappa shape index (κ1) is 10.5. The highest BCUT2D eigenvalue weighted by Gasteiger charge is 2.17. The summed E-state index contributed by atoms with van der Waals surface area (Å²) >= 11 is 5.23. The van der Waals surface area contributed by atoms with Crippen molar-refractivity contribution in [2.45, 2.75) is 25.9 Å². The van der Waals surface area contributed by atoms with Crippen molar-refractivity contribution in [3.05, 3.63) is 15.4 Å². The van der Waals surface area contributed by atoms with Crippen molar-refractivity contribution in [1.29, 1.82) is 0 Å². The first-order valence-electron chi connectivity index (χ1n) is 4.88. The Morgan fingerprint density at radius 1 is 1.50 bits per heavy atom. The van der Waals surface area contributed by atoms with Crippen molar-refractivity contribution < 1.29 is 4.74 Å².